The highest BCUT2D eigenvalue weighted by atomic mass is 32.2. The van der Waals surface area contributed by atoms with Crippen LogP contribution in [0.1, 0.15) is 6.42 Å². The molecule has 1 aliphatic heterocycles. The van der Waals surface area contributed by atoms with Crippen LogP contribution < -0.4 is 14.4 Å². The van der Waals surface area contributed by atoms with Crippen LogP contribution >= 0.6 is 11.8 Å². The molecule has 0 radical (unpaired) electrons. The molecule has 9 heteroatoms. The number of carbonyl (C=O) groups excluding carboxylic acids is 1. The minimum atomic E-state index is -0.140. The van der Waals surface area contributed by atoms with Gasteiger partial charge in [0.05, 0.1) is 18.2 Å². The minimum absolute atomic E-state index is 0.114. The number of ether oxygens (including phenoxy) is 2. The van der Waals surface area contributed by atoms with Gasteiger partial charge >= 0.3 is 0 Å². The van der Waals surface area contributed by atoms with E-state index < -0.39 is 0 Å². The van der Waals surface area contributed by atoms with Crippen molar-refractivity contribution in [1.82, 2.24) is 10.2 Å². The summed E-state index contributed by atoms with van der Waals surface area (Å²) in [5, 5.41) is 17.2. The lowest BCUT2D eigenvalue weighted by molar-refractivity contribution is -0.116. The third kappa shape index (κ3) is 4.33. The largest absolute Gasteiger partial charge is 0.454 e. The molecule has 0 atom stereocenters. The molecule has 0 saturated carbocycles. The molecule has 1 aromatic heterocycles. The van der Waals surface area contributed by atoms with Gasteiger partial charge in [0.1, 0.15) is 0 Å². The molecule has 0 aliphatic carbocycles. The molecule has 0 fully saturated rings. The third-order valence-corrected chi connectivity index (χ3v) is 4.96. The molecule has 0 unspecified atom stereocenters. The lowest BCUT2D eigenvalue weighted by atomic mass is 10.2. The van der Waals surface area contributed by atoms with E-state index in [4.69, 9.17) is 19.2 Å². The number of amides is 1. The van der Waals surface area contributed by atoms with E-state index in [2.05, 4.69) is 16.3 Å². The molecular weight excluding hydrogens is 392 g/mol. The predicted molar refractivity (Wildman–Crippen MR) is 106 cm³/mol. The number of fused-ring (bicyclic) bond motifs is 1. The van der Waals surface area contributed by atoms with E-state index in [0.29, 0.717) is 34.7 Å². The van der Waals surface area contributed by atoms with Gasteiger partial charge in [-0.05, 0) is 30.3 Å². The highest BCUT2D eigenvalue weighted by Crippen LogP contribution is 2.36. The van der Waals surface area contributed by atoms with Crippen LogP contribution in [0.15, 0.2) is 58.2 Å². The second-order valence-corrected chi connectivity index (χ2v) is 6.95. The zero-order chi connectivity index (χ0) is 20.1. The van der Waals surface area contributed by atoms with E-state index in [-0.39, 0.29) is 24.9 Å². The maximum atomic E-state index is 12.7. The zero-order valence-electron chi connectivity index (χ0n) is 15.3. The maximum Gasteiger partial charge on any atom is 0.277 e. The van der Waals surface area contributed by atoms with Crippen molar-refractivity contribution in [2.45, 2.75) is 11.6 Å². The second kappa shape index (κ2) is 8.67. The van der Waals surface area contributed by atoms with E-state index in [9.17, 15) is 4.79 Å². The summed E-state index contributed by atoms with van der Waals surface area (Å²) in [6.45, 7) is 0.516. The van der Waals surface area contributed by atoms with Gasteiger partial charge in [0.2, 0.25) is 18.6 Å². The van der Waals surface area contributed by atoms with Crippen LogP contribution in [0, 0.1) is 11.3 Å². The number of para-hydroxylation sites is 1. The molecule has 4 rings (SSSR count). The molecule has 0 bridgehead atoms. The summed E-state index contributed by atoms with van der Waals surface area (Å²) in [6, 6.07) is 16.7. The van der Waals surface area contributed by atoms with Gasteiger partial charge in [0.15, 0.2) is 11.5 Å². The van der Waals surface area contributed by atoms with Crippen molar-refractivity contribution in [3.63, 3.8) is 0 Å². The van der Waals surface area contributed by atoms with Gasteiger partial charge in [0.25, 0.3) is 5.22 Å². The van der Waals surface area contributed by atoms with Gasteiger partial charge in [-0.3, -0.25) is 4.79 Å². The van der Waals surface area contributed by atoms with Crippen LogP contribution in [-0.2, 0) is 4.79 Å². The number of rotatable bonds is 7. The lowest BCUT2D eigenvalue weighted by Crippen LogP contribution is -2.33. The number of benzene rings is 2. The molecule has 0 N–H and O–H groups in total. The highest BCUT2D eigenvalue weighted by Gasteiger charge is 2.19. The summed E-state index contributed by atoms with van der Waals surface area (Å²) in [5.74, 6) is 1.61. The average Bonchev–Trinajstić information content (AvgIpc) is 3.42. The summed E-state index contributed by atoms with van der Waals surface area (Å²) < 4.78 is 16.3. The second-order valence-electron chi connectivity index (χ2n) is 6.02. The van der Waals surface area contributed by atoms with Crippen LogP contribution in [0.25, 0.3) is 11.5 Å². The Labute approximate surface area is 171 Å². The van der Waals surface area contributed by atoms with Crippen LogP contribution in [-0.4, -0.2) is 35.2 Å². The van der Waals surface area contributed by atoms with Gasteiger partial charge in [-0.15, -0.1) is 10.2 Å². The number of aromatic nitrogens is 2. The van der Waals surface area contributed by atoms with Gasteiger partial charge in [-0.1, -0.05) is 30.0 Å². The molecular formula is C20H16N4O4S. The Morgan fingerprint density at radius 1 is 1.14 bits per heavy atom. The van der Waals surface area contributed by atoms with Crippen LogP contribution in [0.4, 0.5) is 5.69 Å². The smallest absolute Gasteiger partial charge is 0.277 e. The maximum absolute atomic E-state index is 12.7. The van der Waals surface area contributed by atoms with Crippen LogP contribution in [0.5, 0.6) is 11.5 Å². The summed E-state index contributed by atoms with van der Waals surface area (Å²) in [6.07, 6.45) is 0.250. The van der Waals surface area contributed by atoms with E-state index in [1.54, 1.807) is 23.1 Å². The average molecular weight is 408 g/mol. The Balaban J connectivity index is 1.42. The number of nitriles is 1. The number of hydrogen-bond acceptors (Lipinski definition) is 8. The number of anilines is 1. The molecule has 0 saturated heterocycles. The van der Waals surface area contributed by atoms with Gasteiger partial charge in [0, 0.05) is 17.8 Å². The van der Waals surface area contributed by atoms with Crippen molar-refractivity contribution in [1.29, 1.82) is 5.26 Å². The summed E-state index contributed by atoms with van der Waals surface area (Å²) in [4.78, 5) is 14.3. The Morgan fingerprint density at radius 2 is 1.97 bits per heavy atom. The number of hydrogen-bond donors (Lipinski definition) is 0. The normalized spacial score (nSPS) is 11.8. The van der Waals surface area contributed by atoms with Crippen molar-refractivity contribution < 1.29 is 18.7 Å². The molecule has 2 aromatic carbocycles. The SMILES string of the molecule is N#CCCN(C(=O)CSc1nnc(-c2ccc3c(c2)OCO3)o1)c1ccccc1. The summed E-state index contributed by atoms with van der Waals surface area (Å²) in [5.41, 5.74) is 1.46. The van der Waals surface area contributed by atoms with Crippen molar-refractivity contribution >= 4 is 23.4 Å². The fourth-order valence-corrected chi connectivity index (χ4v) is 3.42. The molecule has 0 spiro atoms. The van der Waals surface area contributed by atoms with Crippen molar-refractivity contribution in [3.8, 4) is 29.0 Å². The quantitative estimate of drug-likeness (QED) is 0.548. The molecule has 8 nitrogen and oxygen atoms in total. The molecule has 1 amide bonds. The zero-order valence-corrected chi connectivity index (χ0v) is 16.1. The van der Waals surface area contributed by atoms with Gasteiger partial charge in [-0.25, -0.2) is 0 Å². The van der Waals surface area contributed by atoms with Crippen LogP contribution in [0.3, 0.4) is 0 Å². The van der Waals surface area contributed by atoms with Crippen molar-refractivity contribution in [2.24, 2.45) is 0 Å². The minimum Gasteiger partial charge on any atom is -0.454 e. The first-order chi connectivity index (χ1) is 14.2. The fraction of sp³-hybridized carbons (Fsp3) is 0.200. The van der Waals surface area contributed by atoms with Crippen molar-refractivity contribution in [3.05, 3.63) is 48.5 Å². The first-order valence-corrected chi connectivity index (χ1v) is 9.82. The third-order valence-electron chi connectivity index (χ3n) is 4.16. The molecule has 29 heavy (non-hydrogen) atoms. The van der Waals surface area contributed by atoms with E-state index in [1.807, 2.05) is 30.3 Å². The fourth-order valence-electron chi connectivity index (χ4n) is 2.78. The summed E-state index contributed by atoms with van der Waals surface area (Å²) in [7, 11) is 0. The lowest BCUT2D eigenvalue weighted by Gasteiger charge is -2.21. The number of thioether (sulfide) groups is 1. The standard InChI is InChI=1S/C20H16N4O4S/c21-9-4-10-24(15-5-2-1-3-6-15)18(25)12-29-20-23-22-19(28-20)14-7-8-16-17(11-14)27-13-26-16/h1-3,5-8,11H,4,10,12-13H2. The highest BCUT2D eigenvalue weighted by molar-refractivity contribution is 7.99. The predicted octanol–water partition coefficient (Wildman–Crippen LogP) is 3.50. The molecule has 146 valence electrons. The van der Waals surface area contributed by atoms with Gasteiger partial charge in [-0.2, -0.15) is 5.26 Å². The molecule has 2 heterocycles. The first-order valence-electron chi connectivity index (χ1n) is 8.83. The van der Waals surface area contributed by atoms with Crippen molar-refractivity contribution in [2.75, 3.05) is 24.0 Å². The van der Waals surface area contributed by atoms with E-state index in [0.717, 1.165) is 17.4 Å². The first kappa shape index (κ1) is 18.8. The summed E-state index contributed by atoms with van der Waals surface area (Å²) >= 11 is 1.16. The topological polar surface area (TPSA) is 101 Å². The Hall–Kier alpha value is -3.51. The molecule has 3 aromatic rings. The van der Waals surface area contributed by atoms with Gasteiger partial charge < -0.3 is 18.8 Å². The number of carbonyl (C=O) groups is 1. The van der Waals surface area contributed by atoms with E-state index >= 15 is 0 Å². The Morgan fingerprint density at radius 3 is 2.79 bits per heavy atom. The Bertz CT molecular complexity index is 1050. The van der Waals surface area contributed by atoms with E-state index in [1.165, 1.54) is 0 Å². The van der Waals surface area contributed by atoms with Crippen LogP contribution in [0.2, 0.25) is 0 Å². The molecule has 1 aliphatic rings. The monoisotopic (exact) mass is 408 g/mol. The Kier molecular flexibility index (Phi) is 5.63. The number of nitrogens with zero attached hydrogens (tertiary/aromatic N) is 4.